The Morgan fingerprint density at radius 2 is 1.79 bits per heavy atom. The summed E-state index contributed by atoms with van der Waals surface area (Å²) >= 11 is 0. The monoisotopic (exact) mass is 320 g/mol. The number of aryl methyl sites for hydroxylation is 1. The van der Waals surface area contributed by atoms with Crippen LogP contribution in [0.1, 0.15) is 27.5 Å². The van der Waals surface area contributed by atoms with E-state index in [4.69, 9.17) is 0 Å². The molecule has 0 fully saturated rings. The van der Waals surface area contributed by atoms with Gasteiger partial charge in [0.1, 0.15) is 6.54 Å². The quantitative estimate of drug-likeness (QED) is 0.807. The van der Waals surface area contributed by atoms with Crippen LogP contribution in [0, 0.1) is 0 Å². The summed E-state index contributed by atoms with van der Waals surface area (Å²) in [5.41, 5.74) is 3.45. The first-order valence-electron chi connectivity index (χ1n) is 7.73. The molecule has 0 saturated heterocycles. The third kappa shape index (κ3) is 2.01. The molecule has 120 valence electrons. The SMILES string of the molecule is Cn1cc(C2c3ccccc3C(=O)N2CC(=O)O)c2ccccc21. The highest BCUT2D eigenvalue weighted by molar-refractivity contribution is 6.02. The Morgan fingerprint density at radius 3 is 2.58 bits per heavy atom. The number of hydrogen-bond acceptors (Lipinski definition) is 2. The standard InChI is InChI=1S/C19H16N2O3/c1-20-10-15(12-6-4-5-9-16(12)20)18-13-7-2-3-8-14(13)19(24)21(18)11-17(22)23/h2-10,18H,11H2,1H3,(H,22,23). The Balaban J connectivity index is 1.96. The normalized spacial score (nSPS) is 16.6. The number of aromatic nitrogens is 1. The van der Waals surface area contributed by atoms with Gasteiger partial charge in [-0.2, -0.15) is 0 Å². The molecule has 5 nitrogen and oxygen atoms in total. The second-order valence-electron chi connectivity index (χ2n) is 6.03. The van der Waals surface area contributed by atoms with Gasteiger partial charge in [0.15, 0.2) is 0 Å². The van der Waals surface area contributed by atoms with Gasteiger partial charge in [0.05, 0.1) is 6.04 Å². The number of rotatable bonds is 3. The first-order valence-corrected chi connectivity index (χ1v) is 7.73. The predicted molar refractivity (Wildman–Crippen MR) is 89.9 cm³/mol. The summed E-state index contributed by atoms with van der Waals surface area (Å²) in [5.74, 6) is -1.24. The third-order valence-electron chi connectivity index (χ3n) is 4.59. The fraction of sp³-hybridized carbons (Fsp3) is 0.158. The van der Waals surface area contributed by atoms with E-state index < -0.39 is 5.97 Å². The van der Waals surface area contributed by atoms with Crippen LogP contribution >= 0.6 is 0 Å². The van der Waals surface area contributed by atoms with Gasteiger partial charge >= 0.3 is 5.97 Å². The summed E-state index contributed by atoms with van der Waals surface area (Å²) in [6.45, 7) is -0.318. The van der Waals surface area contributed by atoms with Gasteiger partial charge in [-0.05, 0) is 17.7 Å². The van der Waals surface area contributed by atoms with Crippen LogP contribution in [0.15, 0.2) is 54.7 Å². The fourth-order valence-corrected chi connectivity index (χ4v) is 3.61. The molecule has 24 heavy (non-hydrogen) atoms. The number of nitrogens with zero attached hydrogens (tertiary/aromatic N) is 2. The molecular weight excluding hydrogens is 304 g/mol. The van der Waals surface area contributed by atoms with Crippen LogP contribution in [0.25, 0.3) is 10.9 Å². The van der Waals surface area contributed by atoms with Crippen molar-refractivity contribution in [3.63, 3.8) is 0 Å². The number of carboxylic acid groups (broad SMARTS) is 1. The second-order valence-corrected chi connectivity index (χ2v) is 6.03. The molecule has 5 heteroatoms. The summed E-state index contributed by atoms with van der Waals surface area (Å²) in [6, 6.07) is 14.9. The maximum absolute atomic E-state index is 12.7. The van der Waals surface area contributed by atoms with Crippen molar-refractivity contribution in [2.24, 2.45) is 7.05 Å². The summed E-state index contributed by atoms with van der Waals surface area (Å²) in [7, 11) is 1.95. The van der Waals surface area contributed by atoms with Crippen LogP contribution < -0.4 is 0 Å². The molecule has 2 heterocycles. The lowest BCUT2D eigenvalue weighted by Gasteiger charge is -2.23. The minimum absolute atomic E-state index is 0.231. The van der Waals surface area contributed by atoms with Gasteiger partial charge in [-0.15, -0.1) is 0 Å². The predicted octanol–water partition coefficient (Wildman–Crippen LogP) is 2.81. The van der Waals surface area contributed by atoms with Crippen LogP contribution in [-0.4, -0.2) is 33.0 Å². The first kappa shape index (κ1) is 14.5. The Morgan fingerprint density at radius 1 is 1.08 bits per heavy atom. The average molecular weight is 320 g/mol. The number of carboxylic acids is 1. The van der Waals surface area contributed by atoms with Crippen LogP contribution in [0.3, 0.4) is 0 Å². The Kier molecular flexibility index (Phi) is 3.16. The van der Waals surface area contributed by atoms with Gasteiger partial charge < -0.3 is 14.6 Å². The average Bonchev–Trinajstić information content (AvgIpc) is 3.04. The van der Waals surface area contributed by atoms with Crippen molar-refractivity contribution in [2.75, 3.05) is 6.54 Å². The topological polar surface area (TPSA) is 62.5 Å². The van der Waals surface area contributed by atoms with E-state index in [0.717, 1.165) is 22.0 Å². The maximum atomic E-state index is 12.7. The molecule has 1 aromatic heterocycles. The lowest BCUT2D eigenvalue weighted by atomic mass is 9.97. The van der Waals surface area contributed by atoms with Gasteiger partial charge in [0.25, 0.3) is 5.91 Å². The van der Waals surface area contributed by atoms with E-state index in [9.17, 15) is 14.7 Å². The minimum Gasteiger partial charge on any atom is -0.480 e. The molecule has 0 spiro atoms. The van der Waals surface area contributed by atoms with Gasteiger partial charge in [-0.25, -0.2) is 0 Å². The number of benzene rings is 2. The molecule has 0 saturated carbocycles. The van der Waals surface area contributed by atoms with Crippen molar-refractivity contribution < 1.29 is 14.7 Å². The highest BCUT2D eigenvalue weighted by Gasteiger charge is 2.39. The zero-order valence-electron chi connectivity index (χ0n) is 13.1. The van der Waals surface area contributed by atoms with Gasteiger partial charge in [-0.3, -0.25) is 9.59 Å². The van der Waals surface area contributed by atoms with Crippen LogP contribution in [0.4, 0.5) is 0 Å². The third-order valence-corrected chi connectivity index (χ3v) is 4.59. The van der Waals surface area contributed by atoms with E-state index in [1.54, 1.807) is 12.1 Å². The fourth-order valence-electron chi connectivity index (χ4n) is 3.61. The number of amides is 1. The maximum Gasteiger partial charge on any atom is 0.323 e. The molecule has 2 aromatic carbocycles. The van der Waals surface area contributed by atoms with E-state index in [1.165, 1.54) is 4.90 Å². The lowest BCUT2D eigenvalue weighted by Crippen LogP contribution is -2.33. The molecule has 0 aliphatic carbocycles. The molecule has 0 bridgehead atoms. The number of carbonyl (C=O) groups is 2. The molecule has 1 amide bonds. The molecule has 1 aliphatic heterocycles. The summed E-state index contributed by atoms with van der Waals surface area (Å²) in [4.78, 5) is 25.5. The molecule has 3 aromatic rings. The molecule has 1 aliphatic rings. The number of para-hydroxylation sites is 1. The number of hydrogen-bond donors (Lipinski definition) is 1. The number of carbonyl (C=O) groups excluding carboxylic acids is 1. The van der Waals surface area contributed by atoms with Crippen molar-refractivity contribution in [1.82, 2.24) is 9.47 Å². The van der Waals surface area contributed by atoms with Crippen molar-refractivity contribution in [1.29, 1.82) is 0 Å². The van der Waals surface area contributed by atoms with Crippen molar-refractivity contribution in [3.05, 3.63) is 71.4 Å². The second kappa shape index (κ2) is 5.23. The summed E-state index contributed by atoms with van der Waals surface area (Å²) in [6.07, 6.45) is 1.99. The Hall–Kier alpha value is -3.08. The summed E-state index contributed by atoms with van der Waals surface area (Å²) < 4.78 is 2.01. The Bertz CT molecular complexity index is 974. The van der Waals surface area contributed by atoms with Crippen molar-refractivity contribution >= 4 is 22.8 Å². The van der Waals surface area contributed by atoms with Crippen molar-refractivity contribution in [3.8, 4) is 0 Å². The van der Waals surface area contributed by atoms with E-state index in [1.807, 2.05) is 54.2 Å². The molecule has 1 atom stereocenters. The van der Waals surface area contributed by atoms with Crippen molar-refractivity contribution in [2.45, 2.75) is 6.04 Å². The lowest BCUT2D eigenvalue weighted by molar-refractivity contribution is -0.138. The zero-order valence-corrected chi connectivity index (χ0v) is 13.1. The summed E-state index contributed by atoms with van der Waals surface area (Å²) in [5, 5.41) is 10.3. The van der Waals surface area contributed by atoms with Crippen LogP contribution in [0.5, 0.6) is 0 Å². The molecule has 4 rings (SSSR count). The molecule has 1 N–H and O–H groups in total. The van der Waals surface area contributed by atoms with Crippen LogP contribution in [0.2, 0.25) is 0 Å². The first-order chi connectivity index (χ1) is 11.6. The van der Waals surface area contributed by atoms with E-state index >= 15 is 0 Å². The Labute approximate surface area is 138 Å². The minimum atomic E-state index is -1.01. The van der Waals surface area contributed by atoms with E-state index in [0.29, 0.717) is 5.56 Å². The molecule has 0 radical (unpaired) electrons. The van der Waals surface area contributed by atoms with E-state index in [-0.39, 0.29) is 18.5 Å². The number of aliphatic carboxylic acids is 1. The van der Waals surface area contributed by atoms with E-state index in [2.05, 4.69) is 0 Å². The molecular formula is C19H16N2O3. The zero-order chi connectivity index (χ0) is 16.8. The largest absolute Gasteiger partial charge is 0.480 e. The van der Waals surface area contributed by atoms with Gasteiger partial charge in [-0.1, -0.05) is 36.4 Å². The molecule has 1 unspecified atom stereocenters. The van der Waals surface area contributed by atoms with Crippen LogP contribution in [-0.2, 0) is 11.8 Å². The highest BCUT2D eigenvalue weighted by Crippen LogP contribution is 2.41. The highest BCUT2D eigenvalue weighted by atomic mass is 16.4. The van der Waals surface area contributed by atoms with Gasteiger partial charge in [0, 0.05) is 35.3 Å². The number of fused-ring (bicyclic) bond motifs is 2. The van der Waals surface area contributed by atoms with Gasteiger partial charge in [0.2, 0.25) is 0 Å². The smallest absolute Gasteiger partial charge is 0.323 e.